The van der Waals surface area contributed by atoms with E-state index >= 15 is 0 Å². The van der Waals surface area contributed by atoms with Gasteiger partial charge in [0.25, 0.3) is 10.2 Å². The van der Waals surface area contributed by atoms with Gasteiger partial charge in [-0.3, -0.25) is 0 Å². The van der Waals surface area contributed by atoms with Gasteiger partial charge in [-0.2, -0.15) is 17.4 Å². The van der Waals surface area contributed by atoms with E-state index in [1.54, 1.807) is 11.6 Å². The zero-order chi connectivity index (χ0) is 12.3. The summed E-state index contributed by atoms with van der Waals surface area (Å²) in [4.78, 5) is 0. The Morgan fingerprint density at radius 1 is 1.47 bits per heavy atom. The van der Waals surface area contributed by atoms with Crippen LogP contribution in [0, 0.1) is 0 Å². The Labute approximate surface area is 100 Å². The smallest absolute Gasteiger partial charge is 0.279 e. The van der Waals surface area contributed by atoms with Crippen molar-refractivity contribution in [3.8, 4) is 0 Å². The van der Waals surface area contributed by atoms with Gasteiger partial charge in [0.1, 0.15) is 12.2 Å². The van der Waals surface area contributed by atoms with Gasteiger partial charge in [0.05, 0.1) is 6.54 Å². The van der Waals surface area contributed by atoms with Gasteiger partial charge < -0.3 is 9.88 Å². The van der Waals surface area contributed by atoms with Gasteiger partial charge >= 0.3 is 0 Å². The molecule has 0 unspecified atom stereocenters. The second-order valence-electron chi connectivity index (χ2n) is 3.83. The van der Waals surface area contributed by atoms with E-state index in [4.69, 9.17) is 0 Å². The molecule has 0 amide bonds. The van der Waals surface area contributed by atoms with Crippen molar-refractivity contribution in [3.05, 3.63) is 12.2 Å². The largest absolute Gasteiger partial charge is 0.320 e. The van der Waals surface area contributed by atoms with Crippen LogP contribution in [0.3, 0.4) is 0 Å². The Balaban J connectivity index is 1.95. The average molecular weight is 260 g/mol. The summed E-state index contributed by atoms with van der Waals surface area (Å²) < 4.78 is 29.5. The van der Waals surface area contributed by atoms with E-state index in [-0.39, 0.29) is 6.54 Å². The lowest BCUT2D eigenvalue weighted by Gasteiger charge is -2.26. The molecule has 2 rings (SSSR count). The molecule has 17 heavy (non-hydrogen) atoms. The molecule has 1 aromatic rings. The van der Waals surface area contributed by atoms with Gasteiger partial charge in [-0.15, -0.1) is 10.2 Å². The van der Waals surface area contributed by atoms with Crippen LogP contribution in [0.5, 0.6) is 0 Å². The third-order valence-electron chi connectivity index (χ3n) is 2.63. The van der Waals surface area contributed by atoms with Gasteiger partial charge in [-0.05, 0) is 0 Å². The lowest BCUT2D eigenvalue weighted by Crippen LogP contribution is -2.50. The third-order valence-corrected chi connectivity index (χ3v) is 4.19. The number of hydrogen-bond acceptors (Lipinski definition) is 5. The topological polar surface area (TPSA) is 92.1 Å². The Morgan fingerprint density at radius 3 is 2.76 bits per heavy atom. The fourth-order valence-corrected chi connectivity index (χ4v) is 2.76. The Kier molecular flexibility index (Phi) is 3.72. The standard InChI is InChI=1S/C8H16N6O2S/c1-13-7-10-12-8(13)6-11-17(15,16)14-4-2-9-3-5-14/h7,9,11H,2-6H2,1H3. The van der Waals surface area contributed by atoms with Gasteiger partial charge in [-0.25, -0.2) is 0 Å². The summed E-state index contributed by atoms with van der Waals surface area (Å²) in [5.41, 5.74) is 0. The van der Waals surface area contributed by atoms with Gasteiger partial charge in [0.15, 0.2) is 0 Å². The molecule has 2 N–H and O–H groups in total. The lowest BCUT2D eigenvalue weighted by molar-refractivity contribution is 0.354. The highest BCUT2D eigenvalue weighted by Gasteiger charge is 2.23. The van der Waals surface area contributed by atoms with Crippen molar-refractivity contribution in [1.29, 1.82) is 0 Å². The zero-order valence-corrected chi connectivity index (χ0v) is 10.4. The average Bonchev–Trinajstić information content (AvgIpc) is 2.74. The predicted molar refractivity (Wildman–Crippen MR) is 61.2 cm³/mol. The van der Waals surface area contributed by atoms with E-state index in [0.29, 0.717) is 32.0 Å². The molecular weight excluding hydrogens is 244 g/mol. The molecule has 9 heteroatoms. The SMILES string of the molecule is Cn1cnnc1CNS(=O)(=O)N1CCNCC1. The Morgan fingerprint density at radius 2 is 2.18 bits per heavy atom. The van der Waals surface area contributed by atoms with Crippen molar-refractivity contribution in [1.82, 2.24) is 29.1 Å². The number of aryl methyl sites for hydroxylation is 1. The summed E-state index contributed by atoms with van der Waals surface area (Å²) in [5.74, 6) is 0.587. The minimum absolute atomic E-state index is 0.156. The monoisotopic (exact) mass is 260 g/mol. The maximum Gasteiger partial charge on any atom is 0.279 e. The second kappa shape index (κ2) is 5.08. The number of rotatable bonds is 4. The van der Waals surface area contributed by atoms with E-state index in [0.717, 1.165) is 0 Å². The third kappa shape index (κ3) is 3.00. The van der Waals surface area contributed by atoms with Crippen LogP contribution in [0.1, 0.15) is 5.82 Å². The first-order valence-corrected chi connectivity index (χ1v) is 6.82. The number of piperazine rings is 1. The first kappa shape index (κ1) is 12.4. The Hall–Kier alpha value is -1.03. The van der Waals surface area contributed by atoms with Crippen molar-refractivity contribution in [2.75, 3.05) is 26.2 Å². The first-order valence-electron chi connectivity index (χ1n) is 5.38. The zero-order valence-electron chi connectivity index (χ0n) is 9.63. The van der Waals surface area contributed by atoms with Crippen molar-refractivity contribution in [2.24, 2.45) is 7.05 Å². The maximum absolute atomic E-state index is 11.9. The highest BCUT2D eigenvalue weighted by atomic mass is 32.2. The fourth-order valence-electron chi connectivity index (χ4n) is 1.60. The van der Waals surface area contributed by atoms with Crippen molar-refractivity contribution in [2.45, 2.75) is 6.54 Å². The summed E-state index contributed by atoms with van der Waals surface area (Å²) in [6.45, 7) is 2.51. The van der Waals surface area contributed by atoms with Crippen molar-refractivity contribution >= 4 is 10.2 Å². The molecule has 1 aliphatic rings. The van der Waals surface area contributed by atoms with E-state index in [2.05, 4.69) is 20.2 Å². The first-order chi connectivity index (χ1) is 8.09. The highest BCUT2D eigenvalue weighted by Crippen LogP contribution is 2.01. The molecule has 1 saturated heterocycles. The molecule has 2 heterocycles. The van der Waals surface area contributed by atoms with Crippen molar-refractivity contribution in [3.63, 3.8) is 0 Å². The van der Waals surface area contributed by atoms with Crippen LogP contribution in [-0.4, -0.2) is 53.7 Å². The number of nitrogens with zero attached hydrogens (tertiary/aromatic N) is 4. The normalized spacial score (nSPS) is 18.4. The minimum Gasteiger partial charge on any atom is -0.320 e. The molecule has 0 aliphatic carbocycles. The molecule has 96 valence electrons. The van der Waals surface area contributed by atoms with Crippen LogP contribution >= 0.6 is 0 Å². The molecule has 0 bridgehead atoms. The highest BCUT2D eigenvalue weighted by molar-refractivity contribution is 7.87. The summed E-state index contributed by atoms with van der Waals surface area (Å²) in [7, 11) is -1.64. The van der Waals surface area contributed by atoms with Crippen LogP contribution in [0.2, 0.25) is 0 Å². The van der Waals surface area contributed by atoms with Gasteiger partial charge in [0, 0.05) is 33.2 Å². The summed E-state index contributed by atoms with van der Waals surface area (Å²) in [5, 5.41) is 10.6. The molecule has 0 radical (unpaired) electrons. The summed E-state index contributed by atoms with van der Waals surface area (Å²) in [6.07, 6.45) is 1.54. The summed E-state index contributed by atoms with van der Waals surface area (Å²) >= 11 is 0. The summed E-state index contributed by atoms with van der Waals surface area (Å²) in [6, 6.07) is 0. The second-order valence-corrected chi connectivity index (χ2v) is 5.59. The molecule has 0 saturated carbocycles. The van der Waals surface area contributed by atoms with E-state index in [1.807, 2.05) is 0 Å². The van der Waals surface area contributed by atoms with E-state index in [1.165, 1.54) is 10.6 Å². The molecule has 0 aromatic carbocycles. The number of aromatic nitrogens is 3. The minimum atomic E-state index is -3.41. The van der Waals surface area contributed by atoms with Crippen molar-refractivity contribution < 1.29 is 8.42 Å². The van der Waals surface area contributed by atoms with Crippen LogP contribution < -0.4 is 10.0 Å². The van der Waals surface area contributed by atoms with Crippen LogP contribution in [0.15, 0.2) is 6.33 Å². The molecule has 0 spiro atoms. The van der Waals surface area contributed by atoms with Crippen LogP contribution in [0.25, 0.3) is 0 Å². The van der Waals surface area contributed by atoms with Gasteiger partial charge in [0.2, 0.25) is 0 Å². The van der Waals surface area contributed by atoms with Crippen LogP contribution in [-0.2, 0) is 23.8 Å². The lowest BCUT2D eigenvalue weighted by atomic mass is 10.4. The predicted octanol–water partition coefficient (Wildman–Crippen LogP) is -1.95. The molecular formula is C8H16N6O2S. The Bertz CT molecular complexity index is 464. The molecule has 0 atom stereocenters. The van der Waals surface area contributed by atoms with E-state index in [9.17, 15) is 8.42 Å². The fraction of sp³-hybridized carbons (Fsp3) is 0.750. The molecule has 1 fully saturated rings. The number of hydrogen-bond donors (Lipinski definition) is 2. The quantitative estimate of drug-likeness (QED) is 0.657. The molecule has 1 aromatic heterocycles. The maximum atomic E-state index is 11.9. The molecule has 8 nitrogen and oxygen atoms in total. The molecule has 1 aliphatic heterocycles. The van der Waals surface area contributed by atoms with Gasteiger partial charge in [-0.1, -0.05) is 0 Å². The number of nitrogens with one attached hydrogen (secondary N) is 2. The van der Waals surface area contributed by atoms with E-state index < -0.39 is 10.2 Å². The van der Waals surface area contributed by atoms with Crippen LogP contribution in [0.4, 0.5) is 0 Å².